The molecule has 5 nitrogen and oxygen atoms in total. The van der Waals surface area contributed by atoms with Gasteiger partial charge in [0.1, 0.15) is 11.9 Å². The molecule has 0 radical (unpaired) electrons. The zero-order valence-corrected chi connectivity index (χ0v) is 11.3. The van der Waals surface area contributed by atoms with Crippen LogP contribution in [0.1, 0.15) is 38.7 Å². The van der Waals surface area contributed by atoms with E-state index in [2.05, 4.69) is 24.1 Å². The van der Waals surface area contributed by atoms with Crippen molar-refractivity contribution in [3.8, 4) is 6.07 Å². The van der Waals surface area contributed by atoms with E-state index in [0.29, 0.717) is 12.0 Å². The van der Waals surface area contributed by atoms with E-state index in [9.17, 15) is 4.79 Å². The quantitative estimate of drug-likeness (QED) is 0.788. The average molecular weight is 261 g/mol. The molecule has 19 heavy (non-hydrogen) atoms. The lowest BCUT2D eigenvalue weighted by Crippen LogP contribution is -2.18. The lowest BCUT2D eigenvalue weighted by molar-refractivity contribution is -0.137. The lowest BCUT2D eigenvalue weighted by atomic mass is 9.84. The van der Waals surface area contributed by atoms with Crippen molar-refractivity contribution >= 4 is 11.8 Å². The van der Waals surface area contributed by atoms with Gasteiger partial charge in [-0.15, -0.1) is 0 Å². The number of anilines is 1. The van der Waals surface area contributed by atoms with E-state index in [4.69, 9.17) is 10.4 Å². The first-order chi connectivity index (χ1) is 8.93. The van der Waals surface area contributed by atoms with Gasteiger partial charge in [0.15, 0.2) is 0 Å². The fourth-order valence-corrected chi connectivity index (χ4v) is 1.66. The molecule has 0 aliphatic heterocycles. The summed E-state index contributed by atoms with van der Waals surface area (Å²) in [5, 5.41) is 20.5. The van der Waals surface area contributed by atoms with Gasteiger partial charge in [-0.3, -0.25) is 4.79 Å². The average Bonchev–Trinajstić information content (AvgIpc) is 2.37. The molecule has 1 aromatic rings. The molecule has 0 aromatic carbocycles. The van der Waals surface area contributed by atoms with Gasteiger partial charge < -0.3 is 10.4 Å². The van der Waals surface area contributed by atoms with Crippen molar-refractivity contribution in [2.45, 2.75) is 33.1 Å². The highest BCUT2D eigenvalue weighted by molar-refractivity contribution is 5.66. The van der Waals surface area contributed by atoms with Gasteiger partial charge in [-0.25, -0.2) is 4.98 Å². The Morgan fingerprint density at radius 3 is 2.74 bits per heavy atom. The maximum Gasteiger partial charge on any atom is 0.303 e. The largest absolute Gasteiger partial charge is 0.481 e. The molecular weight excluding hydrogens is 242 g/mol. The van der Waals surface area contributed by atoms with Crippen molar-refractivity contribution in [2.24, 2.45) is 5.41 Å². The van der Waals surface area contributed by atoms with Gasteiger partial charge in [0, 0.05) is 19.2 Å². The molecule has 5 heteroatoms. The van der Waals surface area contributed by atoms with Crippen molar-refractivity contribution in [1.82, 2.24) is 4.98 Å². The third kappa shape index (κ3) is 5.87. The van der Waals surface area contributed by atoms with Gasteiger partial charge in [-0.1, -0.05) is 13.8 Å². The van der Waals surface area contributed by atoms with Gasteiger partial charge in [-0.2, -0.15) is 5.26 Å². The number of nitriles is 1. The molecule has 0 saturated heterocycles. The molecule has 0 aliphatic rings. The summed E-state index contributed by atoms with van der Waals surface area (Å²) < 4.78 is 0. The van der Waals surface area contributed by atoms with Gasteiger partial charge in [0.2, 0.25) is 0 Å². The lowest BCUT2D eigenvalue weighted by Gasteiger charge is -2.23. The van der Waals surface area contributed by atoms with E-state index in [0.717, 1.165) is 18.8 Å². The third-order valence-corrected chi connectivity index (χ3v) is 3.02. The van der Waals surface area contributed by atoms with E-state index >= 15 is 0 Å². The minimum absolute atomic E-state index is 0.0159. The fourth-order valence-electron chi connectivity index (χ4n) is 1.66. The SMILES string of the molecule is CC(C)(CCNc1ccc(C#N)cn1)CCC(=O)O. The number of hydrogen-bond donors (Lipinski definition) is 2. The molecule has 1 aromatic heterocycles. The summed E-state index contributed by atoms with van der Waals surface area (Å²) in [7, 11) is 0. The van der Waals surface area contributed by atoms with Crippen molar-refractivity contribution in [1.29, 1.82) is 5.26 Å². The summed E-state index contributed by atoms with van der Waals surface area (Å²) >= 11 is 0. The normalized spacial score (nSPS) is 10.8. The van der Waals surface area contributed by atoms with Crippen LogP contribution in [-0.4, -0.2) is 22.6 Å². The molecule has 0 spiro atoms. The highest BCUT2D eigenvalue weighted by Crippen LogP contribution is 2.26. The van der Waals surface area contributed by atoms with E-state index in [1.54, 1.807) is 12.1 Å². The number of aromatic nitrogens is 1. The number of nitrogens with one attached hydrogen (secondary N) is 1. The number of carboxylic acid groups (broad SMARTS) is 1. The second kappa shape index (κ2) is 6.74. The van der Waals surface area contributed by atoms with Crippen LogP contribution in [0.5, 0.6) is 0 Å². The molecule has 0 amide bonds. The summed E-state index contributed by atoms with van der Waals surface area (Å²) in [5.74, 6) is -0.0252. The third-order valence-electron chi connectivity index (χ3n) is 3.02. The second-order valence-corrected chi connectivity index (χ2v) is 5.28. The van der Waals surface area contributed by atoms with E-state index in [1.807, 2.05) is 6.07 Å². The summed E-state index contributed by atoms with van der Waals surface area (Å²) in [5.41, 5.74) is 0.519. The Morgan fingerprint density at radius 1 is 1.47 bits per heavy atom. The van der Waals surface area contributed by atoms with Crippen LogP contribution in [0.15, 0.2) is 18.3 Å². The monoisotopic (exact) mass is 261 g/mol. The van der Waals surface area contributed by atoms with E-state index in [-0.39, 0.29) is 11.8 Å². The Morgan fingerprint density at radius 2 is 2.21 bits per heavy atom. The first-order valence-corrected chi connectivity index (χ1v) is 6.25. The molecule has 0 bridgehead atoms. The zero-order valence-electron chi connectivity index (χ0n) is 11.3. The van der Waals surface area contributed by atoms with Crippen LogP contribution in [0.2, 0.25) is 0 Å². The van der Waals surface area contributed by atoms with Crippen LogP contribution in [0.4, 0.5) is 5.82 Å². The topological polar surface area (TPSA) is 86.0 Å². The first-order valence-electron chi connectivity index (χ1n) is 6.25. The fraction of sp³-hybridized carbons (Fsp3) is 0.500. The molecule has 0 atom stereocenters. The smallest absolute Gasteiger partial charge is 0.303 e. The van der Waals surface area contributed by atoms with Gasteiger partial charge in [0.05, 0.1) is 5.56 Å². The summed E-state index contributed by atoms with van der Waals surface area (Å²) in [6.45, 7) is 4.85. The Balaban J connectivity index is 2.36. The molecule has 1 rings (SSSR count). The summed E-state index contributed by atoms with van der Waals surface area (Å²) in [4.78, 5) is 14.7. The van der Waals surface area contributed by atoms with Crippen molar-refractivity contribution in [3.63, 3.8) is 0 Å². The molecule has 0 fully saturated rings. The Hall–Kier alpha value is -2.09. The van der Waals surface area contributed by atoms with Crippen LogP contribution in [0.25, 0.3) is 0 Å². The number of pyridine rings is 1. The predicted molar refractivity (Wildman–Crippen MR) is 72.7 cm³/mol. The minimum atomic E-state index is -0.755. The van der Waals surface area contributed by atoms with E-state index in [1.165, 1.54) is 6.20 Å². The maximum atomic E-state index is 10.5. The molecule has 102 valence electrons. The van der Waals surface area contributed by atoms with Crippen molar-refractivity contribution in [3.05, 3.63) is 23.9 Å². The molecule has 0 aliphatic carbocycles. The number of hydrogen-bond acceptors (Lipinski definition) is 4. The van der Waals surface area contributed by atoms with Crippen molar-refractivity contribution < 1.29 is 9.90 Å². The highest BCUT2D eigenvalue weighted by atomic mass is 16.4. The summed E-state index contributed by atoms with van der Waals surface area (Å²) in [6, 6.07) is 5.50. The molecular formula is C14H19N3O2. The van der Waals surface area contributed by atoms with Crippen LogP contribution in [-0.2, 0) is 4.79 Å². The number of rotatable bonds is 7. The number of aliphatic carboxylic acids is 1. The summed E-state index contributed by atoms with van der Waals surface area (Å²) in [6.07, 6.45) is 3.24. The highest BCUT2D eigenvalue weighted by Gasteiger charge is 2.18. The molecule has 2 N–H and O–H groups in total. The van der Waals surface area contributed by atoms with Crippen LogP contribution >= 0.6 is 0 Å². The number of carboxylic acids is 1. The minimum Gasteiger partial charge on any atom is -0.481 e. The Kier molecular flexibility index (Phi) is 5.31. The number of carbonyl (C=O) groups is 1. The number of nitrogens with zero attached hydrogens (tertiary/aromatic N) is 2. The second-order valence-electron chi connectivity index (χ2n) is 5.28. The van der Waals surface area contributed by atoms with Crippen LogP contribution in [0.3, 0.4) is 0 Å². The first kappa shape index (κ1) is 15.0. The van der Waals surface area contributed by atoms with Crippen LogP contribution in [0, 0.1) is 16.7 Å². The predicted octanol–water partition coefficient (Wildman–Crippen LogP) is 2.65. The standard InChI is InChI=1S/C14H19N3O2/c1-14(2,6-5-13(18)19)7-8-16-12-4-3-11(9-15)10-17-12/h3-4,10H,5-8H2,1-2H3,(H,16,17)(H,18,19). The molecule has 0 saturated carbocycles. The van der Waals surface area contributed by atoms with Crippen molar-refractivity contribution in [2.75, 3.05) is 11.9 Å². The Labute approximate surface area is 113 Å². The van der Waals surface area contributed by atoms with Gasteiger partial charge in [0.25, 0.3) is 0 Å². The van der Waals surface area contributed by atoms with E-state index < -0.39 is 5.97 Å². The zero-order chi connectivity index (χ0) is 14.3. The van der Waals surface area contributed by atoms with Gasteiger partial charge in [-0.05, 0) is 30.4 Å². The Bertz CT molecular complexity index is 461. The maximum absolute atomic E-state index is 10.5. The van der Waals surface area contributed by atoms with Gasteiger partial charge >= 0.3 is 5.97 Å². The molecule has 1 heterocycles. The molecule has 0 unspecified atom stereocenters. The van der Waals surface area contributed by atoms with Crippen LogP contribution < -0.4 is 5.32 Å².